The number of ether oxygens (including phenoxy) is 1. The minimum absolute atomic E-state index is 0.0713. The molecule has 1 amide bonds. The highest BCUT2D eigenvalue weighted by atomic mass is 16.5. The zero-order chi connectivity index (χ0) is 15.8. The number of carbonyl (C=O) groups excluding carboxylic acids is 1. The molecule has 1 N–H and O–H groups in total. The number of H-pyrrole nitrogens is 1. The van der Waals surface area contributed by atoms with Crippen molar-refractivity contribution >= 4 is 5.91 Å². The molecule has 1 aromatic heterocycles. The highest BCUT2D eigenvalue weighted by Crippen LogP contribution is 2.27. The van der Waals surface area contributed by atoms with Crippen LogP contribution in [0.3, 0.4) is 0 Å². The number of benzene rings is 1. The van der Waals surface area contributed by atoms with Crippen LogP contribution in [0.5, 0.6) is 0 Å². The molecule has 2 heterocycles. The molecule has 1 aliphatic carbocycles. The van der Waals surface area contributed by atoms with Crippen molar-refractivity contribution in [3.05, 3.63) is 52.6 Å². The van der Waals surface area contributed by atoms with E-state index in [9.17, 15) is 4.79 Å². The summed E-state index contributed by atoms with van der Waals surface area (Å²) in [7, 11) is 0. The predicted molar refractivity (Wildman–Crippen MR) is 86.4 cm³/mol. The van der Waals surface area contributed by atoms with Crippen molar-refractivity contribution < 1.29 is 9.53 Å². The number of nitrogens with zero attached hydrogens (tertiary/aromatic N) is 2. The number of nitrogens with one attached hydrogen (secondary N) is 1. The molecule has 1 aliphatic heterocycles. The van der Waals surface area contributed by atoms with Gasteiger partial charge in [-0.1, -0.05) is 6.07 Å². The zero-order valence-corrected chi connectivity index (χ0v) is 13.3. The number of aromatic amines is 1. The molecule has 23 heavy (non-hydrogen) atoms. The van der Waals surface area contributed by atoms with Crippen molar-refractivity contribution in [2.24, 2.45) is 0 Å². The van der Waals surface area contributed by atoms with Crippen molar-refractivity contribution in [1.29, 1.82) is 0 Å². The van der Waals surface area contributed by atoms with E-state index in [2.05, 4.69) is 22.1 Å². The number of imidazole rings is 1. The van der Waals surface area contributed by atoms with Gasteiger partial charge in [-0.25, -0.2) is 4.98 Å². The smallest absolute Gasteiger partial charge is 0.254 e. The summed E-state index contributed by atoms with van der Waals surface area (Å²) in [5.41, 5.74) is 4.49. The van der Waals surface area contributed by atoms with E-state index in [-0.39, 0.29) is 11.9 Å². The molecule has 120 valence electrons. The number of carbonyl (C=O) groups is 1. The molecule has 5 heteroatoms. The van der Waals surface area contributed by atoms with Crippen LogP contribution in [-0.2, 0) is 17.6 Å². The average molecular weight is 311 g/mol. The van der Waals surface area contributed by atoms with Crippen molar-refractivity contribution in [1.82, 2.24) is 14.9 Å². The summed E-state index contributed by atoms with van der Waals surface area (Å²) in [6, 6.07) is 6.01. The Morgan fingerprint density at radius 1 is 1.35 bits per heavy atom. The van der Waals surface area contributed by atoms with Crippen LogP contribution in [0.25, 0.3) is 0 Å². The van der Waals surface area contributed by atoms with Gasteiger partial charge in [0.15, 0.2) is 0 Å². The maximum atomic E-state index is 13.0. The highest BCUT2D eigenvalue weighted by Gasteiger charge is 2.31. The first-order valence-corrected chi connectivity index (χ1v) is 8.24. The number of hydrogen-bond donors (Lipinski definition) is 1. The summed E-state index contributed by atoms with van der Waals surface area (Å²) in [5, 5.41) is 0. The molecular weight excluding hydrogens is 290 g/mol. The molecule has 1 aromatic carbocycles. The largest absolute Gasteiger partial charge is 0.377 e. The Morgan fingerprint density at radius 3 is 3.04 bits per heavy atom. The van der Waals surface area contributed by atoms with E-state index < -0.39 is 0 Å². The van der Waals surface area contributed by atoms with Gasteiger partial charge in [0.25, 0.3) is 5.91 Å². The van der Waals surface area contributed by atoms with Crippen molar-refractivity contribution in [2.75, 3.05) is 19.8 Å². The molecule has 0 saturated carbocycles. The molecule has 5 nitrogen and oxygen atoms in total. The number of hydrogen-bond acceptors (Lipinski definition) is 3. The molecular formula is C18H21N3O2. The minimum Gasteiger partial charge on any atom is -0.377 e. The lowest BCUT2D eigenvalue weighted by molar-refractivity contribution is -0.00501. The SMILES string of the molecule is Cc1cnc([C@H]2COCCN2C(=O)c2ccc3c(c2)CCC3)[nH]1. The van der Waals surface area contributed by atoms with Gasteiger partial charge in [-0.15, -0.1) is 0 Å². The van der Waals surface area contributed by atoms with Crippen LogP contribution in [-0.4, -0.2) is 40.5 Å². The summed E-state index contributed by atoms with van der Waals surface area (Å²) in [6.45, 7) is 3.63. The fourth-order valence-electron chi connectivity index (χ4n) is 3.55. The third kappa shape index (κ3) is 2.65. The van der Waals surface area contributed by atoms with Gasteiger partial charge < -0.3 is 14.6 Å². The number of amides is 1. The Balaban J connectivity index is 1.62. The second-order valence-corrected chi connectivity index (χ2v) is 6.38. The standard InChI is InChI=1S/C18H21N3O2/c1-12-10-19-17(20-12)16-11-23-8-7-21(16)18(22)15-6-5-13-3-2-4-14(13)9-15/h5-6,9-10,16H,2-4,7-8,11H2,1H3,(H,19,20)/t16-/m1/s1. The summed E-state index contributed by atoms with van der Waals surface area (Å²) in [6.07, 6.45) is 5.21. The van der Waals surface area contributed by atoms with Crippen LogP contribution >= 0.6 is 0 Å². The first-order chi connectivity index (χ1) is 11.2. The number of morpholine rings is 1. The summed E-state index contributed by atoms with van der Waals surface area (Å²) < 4.78 is 5.58. The fourth-order valence-corrected chi connectivity index (χ4v) is 3.55. The minimum atomic E-state index is -0.141. The number of aromatic nitrogens is 2. The van der Waals surface area contributed by atoms with Gasteiger partial charge >= 0.3 is 0 Å². The van der Waals surface area contributed by atoms with Gasteiger partial charge in [-0.3, -0.25) is 4.79 Å². The van der Waals surface area contributed by atoms with E-state index in [1.807, 2.05) is 17.9 Å². The molecule has 4 rings (SSSR count). The molecule has 0 spiro atoms. The van der Waals surface area contributed by atoms with E-state index >= 15 is 0 Å². The normalized spacial score (nSPS) is 20.6. The second-order valence-electron chi connectivity index (χ2n) is 6.38. The highest BCUT2D eigenvalue weighted by molar-refractivity contribution is 5.95. The number of aryl methyl sites for hydroxylation is 3. The molecule has 0 bridgehead atoms. The van der Waals surface area contributed by atoms with Gasteiger partial charge in [-0.2, -0.15) is 0 Å². The van der Waals surface area contributed by atoms with Crippen LogP contribution in [0.1, 0.15) is 45.5 Å². The van der Waals surface area contributed by atoms with E-state index in [1.165, 1.54) is 17.5 Å². The third-order valence-corrected chi connectivity index (χ3v) is 4.77. The van der Waals surface area contributed by atoms with Crippen molar-refractivity contribution in [3.8, 4) is 0 Å². The maximum absolute atomic E-state index is 13.0. The van der Waals surface area contributed by atoms with E-state index in [0.29, 0.717) is 19.8 Å². The Hall–Kier alpha value is -2.14. The number of rotatable bonds is 2. The molecule has 2 aromatic rings. The summed E-state index contributed by atoms with van der Waals surface area (Å²) >= 11 is 0. The zero-order valence-electron chi connectivity index (χ0n) is 13.3. The molecule has 1 atom stereocenters. The quantitative estimate of drug-likeness (QED) is 0.926. The van der Waals surface area contributed by atoms with E-state index in [4.69, 9.17) is 4.74 Å². The predicted octanol–water partition coefficient (Wildman–Crippen LogP) is 2.42. The first kappa shape index (κ1) is 14.5. The Labute approximate surface area is 135 Å². The van der Waals surface area contributed by atoms with Crippen molar-refractivity contribution in [2.45, 2.75) is 32.2 Å². The number of fused-ring (bicyclic) bond motifs is 1. The van der Waals surface area contributed by atoms with Crippen LogP contribution in [0.2, 0.25) is 0 Å². The van der Waals surface area contributed by atoms with E-state index in [1.54, 1.807) is 6.20 Å². The van der Waals surface area contributed by atoms with Gasteiger partial charge in [0, 0.05) is 24.0 Å². The lowest BCUT2D eigenvalue weighted by Crippen LogP contribution is -2.43. The molecule has 1 saturated heterocycles. The summed E-state index contributed by atoms with van der Waals surface area (Å²) in [5.74, 6) is 0.874. The van der Waals surface area contributed by atoms with Crippen molar-refractivity contribution in [3.63, 3.8) is 0 Å². The monoisotopic (exact) mass is 311 g/mol. The van der Waals surface area contributed by atoms with Gasteiger partial charge in [-0.05, 0) is 49.4 Å². The van der Waals surface area contributed by atoms with Crippen LogP contribution in [0.4, 0.5) is 0 Å². The average Bonchev–Trinajstić information content (AvgIpc) is 3.22. The Kier molecular flexibility index (Phi) is 3.65. The Morgan fingerprint density at radius 2 is 2.22 bits per heavy atom. The molecule has 0 radical (unpaired) electrons. The van der Waals surface area contributed by atoms with Crippen LogP contribution < -0.4 is 0 Å². The lowest BCUT2D eigenvalue weighted by Gasteiger charge is -2.34. The molecule has 0 unspecified atom stereocenters. The van der Waals surface area contributed by atoms with Crippen LogP contribution in [0.15, 0.2) is 24.4 Å². The van der Waals surface area contributed by atoms with Gasteiger partial charge in [0.05, 0.1) is 13.2 Å². The second kappa shape index (κ2) is 5.81. The summed E-state index contributed by atoms with van der Waals surface area (Å²) in [4.78, 5) is 22.5. The van der Waals surface area contributed by atoms with Crippen LogP contribution in [0, 0.1) is 6.92 Å². The molecule has 2 aliphatic rings. The third-order valence-electron chi connectivity index (χ3n) is 4.77. The lowest BCUT2D eigenvalue weighted by atomic mass is 10.0. The van der Waals surface area contributed by atoms with Gasteiger partial charge in [0.1, 0.15) is 11.9 Å². The topological polar surface area (TPSA) is 58.2 Å². The first-order valence-electron chi connectivity index (χ1n) is 8.24. The maximum Gasteiger partial charge on any atom is 0.254 e. The Bertz CT molecular complexity index is 738. The fraction of sp³-hybridized carbons (Fsp3) is 0.444. The molecule has 1 fully saturated rings. The van der Waals surface area contributed by atoms with E-state index in [0.717, 1.165) is 29.9 Å². The van der Waals surface area contributed by atoms with Gasteiger partial charge in [0.2, 0.25) is 0 Å².